The second-order valence-corrected chi connectivity index (χ2v) is 5.52. The van der Waals surface area contributed by atoms with Crippen LogP contribution in [0.15, 0.2) is 18.2 Å². The van der Waals surface area contributed by atoms with Crippen molar-refractivity contribution < 1.29 is 0 Å². The summed E-state index contributed by atoms with van der Waals surface area (Å²) in [7, 11) is 2.14. The van der Waals surface area contributed by atoms with Crippen LogP contribution in [-0.4, -0.2) is 19.6 Å². The van der Waals surface area contributed by atoms with Crippen molar-refractivity contribution in [3.63, 3.8) is 0 Å². The molecule has 0 bridgehead atoms. The van der Waals surface area contributed by atoms with Crippen molar-refractivity contribution in [3.05, 3.63) is 28.8 Å². The first-order valence-electron chi connectivity index (χ1n) is 6.70. The van der Waals surface area contributed by atoms with Gasteiger partial charge in [-0.3, -0.25) is 0 Å². The minimum absolute atomic E-state index is 0.490. The monoisotopic (exact) mass is 268 g/mol. The number of benzene rings is 1. The van der Waals surface area contributed by atoms with Crippen LogP contribution in [0.25, 0.3) is 0 Å². The van der Waals surface area contributed by atoms with Gasteiger partial charge in [-0.1, -0.05) is 38.4 Å². The molecule has 0 fully saturated rings. The third-order valence-corrected chi connectivity index (χ3v) is 3.96. The van der Waals surface area contributed by atoms with Gasteiger partial charge < -0.3 is 10.2 Å². The Hall–Kier alpha value is -0.730. The summed E-state index contributed by atoms with van der Waals surface area (Å²) >= 11 is 6.33. The Labute approximate surface area is 116 Å². The van der Waals surface area contributed by atoms with Crippen molar-refractivity contribution >= 4 is 17.3 Å². The number of rotatable bonds is 6. The molecular weight excluding hydrogens is 244 g/mol. The van der Waals surface area contributed by atoms with Gasteiger partial charge in [0, 0.05) is 35.9 Å². The third kappa shape index (κ3) is 3.63. The van der Waals surface area contributed by atoms with Crippen LogP contribution in [0.4, 0.5) is 5.69 Å². The van der Waals surface area contributed by atoms with Crippen LogP contribution in [0.2, 0.25) is 5.02 Å². The van der Waals surface area contributed by atoms with Crippen molar-refractivity contribution in [3.8, 4) is 0 Å². The fourth-order valence-electron chi connectivity index (χ4n) is 1.97. The lowest BCUT2D eigenvalue weighted by Gasteiger charge is -2.32. The molecule has 0 radical (unpaired) electrons. The first kappa shape index (κ1) is 15.3. The molecule has 1 rings (SSSR count). The van der Waals surface area contributed by atoms with Crippen molar-refractivity contribution in [1.82, 2.24) is 5.32 Å². The number of hydrogen-bond acceptors (Lipinski definition) is 2. The number of nitrogens with zero attached hydrogens (tertiary/aromatic N) is 1. The molecule has 0 aromatic heterocycles. The van der Waals surface area contributed by atoms with E-state index in [2.05, 4.69) is 51.0 Å². The van der Waals surface area contributed by atoms with E-state index in [-0.39, 0.29) is 0 Å². The highest BCUT2D eigenvalue weighted by Crippen LogP contribution is 2.29. The molecule has 0 aliphatic heterocycles. The topological polar surface area (TPSA) is 15.3 Å². The van der Waals surface area contributed by atoms with Crippen LogP contribution in [0.1, 0.15) is 33.3 Å². The normalized spacial score (nSPS) is 12.8. The predicted molar refractivity (Wildman–Crippen MR) is 81.5 cm³/mol. The zero-order valence-electron chi connectivity index (χ0n) is 12.1. The number of hydrogen-bond donors (Lipinski definition) is 1. The van der Waals surface area contributed by atoms with Gasteiger partial charge in [0.15, 0.2) is 0 Å². The first-order valence-corrected chi connectivity index (χ1v) is 7.07. The van der Waals surface area contributed by atoms with Gasteiger partial charge in [0.2, 0.25) is 0 Å². The summed E-state index contributed by atoms with van der Waals surface area (Å²) in [5.74, 6) is 0.612. The Bertz CT molecular complexity index is 377. The molecule has 2 nitrogen and oxygen atoms in total. The lowest BCUT2D eigenvalue weighted by molar-refractivity contribution is 0.504. The average Bonchev–Trinajstić information content (AvgIpc) is 2.35. The maximum Gasteiger partial charge on any atom is 0.0471 e. The average molecular weight is 269 g/mol. The molecule has 3 heteroatoms. The van der Waals surface area contributed by atoms with Crippen LogP contribution in [0.3, 0.4) is 0 Å². The molecule has 102 valence electrons. The molecule has 18 heavy (non-hydrogen) atoms. The van der Waals surface area contributed by atoms with Gasteiger partial charge in [0.1, 0.15) is 0 Å². The standard InChI is InChI=1S/C15H25ClN2/c1-6-17-10-13-14(16)8-7-9-15(13)18(5)12(4)11(2)3/h7-9,11-12,17H,6,10H2,1-5H3. The van der Waals surface area contributed by atoms with E-state index in [0.717, 1.165) is 18.1 Å². The molecule has 0 aliphatic rings. The smallest absolute Gasteiger partial charge is 0.0471 e. The highest BCUT2D eigenvalue weighted by Gasteiger charge is 2.17. The Kier molecular flexibility index (Phi) is 5.97. The van der Waals surface area contributed by atoms with Crippen LogP contribution >= 0.6 is 11.6 Å². The molecule has 0 aliphatic carbocycles. The number of nitrogens with one attached hydrogen (secondary N) is 1. The van der Waals surface area contributed by atoms with Crippen molar-refractivity contribution in [1.29, 1.82) is 0 Å². The number of anilines is 1. The van der Waals surface area contributed by atoms with E-state index in [1.807, 2.05) is 12.1 Å². The van der Waals surface area contributed by atoms with E-state index in [1.54, 1.807) is 0 Å². The van der Waals surface area contributed by atoms with Gasteiger partial charge in [0.05, 0.1) is 0 Å². The molecule has 0 heterocycles. The lowest BCUT2D eigenvalue weighted by atomic mass is 10.0. The molecule has 1 unspecified atom stereocenters. The molecule has 0 spiro atoms. The molecule has 1 N–H and O–H groups in total. The van der Waals surface area contributed by atoms with E-state index >= 15 is 0 Å². The van der Waals surface area contributed by atoms with Crippen LogP contribution in [0.5, 0.6) is 0 Å². The van der Waals surface area contributed by atoms with Crippen LogP contribution in [-0.2, 0) is 6.54 Å². The Morgan fingerprint density at radius 1 is 1.28 bits per heavy atom. The molecular formula is C15H25ClN2. The molecule has 0 saturated carbocycles. The van der Waals surface area contributed by atoms with E-state index in [9.17, 15) is 0 Å². The van der Waals surface area contributed by atoms with Crippen molar-refractivity contribution in [2.45, 2.75) is 40.3 Å². The zero-order chi connectivity index (χ0) is 13.7. The van der Waals surface area contributed by atoms with Gasteiger partial charge in [-0.2, -0.15) is 0 Å². The second-order valence-electron chi connectivity index (χ2n) is 5.11. The van der Waals surface area contributed by atoms with E-state index < -0.39 is 0 Å². The SMILES string of the molecule is CCNCc1c(Cl)cccc1N(C)C(C)C(C)C. The highest BCUT2D eigenvalue weighted by atomic mass is 35.5. The fraction of sp³-hybridized carbons (Fsp3) is 0.600. The largest absolute Gasteiger partial charge is 0.371 e. The summed E-state index contributed by atoms with van der Waals surface area (Å²) in [5, 5.41) is 4.20. The quantitative estimate of drug-likeness (QED) is 0.841. The zero-order valence-corrected chi connectivity index (χ0v) is 12.9. The Morgan fingerprint density at radius 2 is 1.94 bits per heavy atom. The maximum absolute atomic E-state index is 6.33. The van der Waals surface area contributed by atoms with Gasteiger partial charge in [-0.15, -0.1) is 0 Å². The summed E-state index contributed by atoms with van der Waals surface area (Å²) in [5.41, 5.74) is 2.42. The van der Waals surface area contributed by atoms with Gasteiger partial charge in [0.25, 0.3) is 0 Å². The van der Waals surface area contributed by atoms with Gasteiger partial charge >= 0.3 is 0 Å². The fourth-order valence-corrected chi connectivity index (χ4v) is 2.21. The molecule has 1 aromatic rings. The first-order chi connectivity index (χ1) is 8.49. The van der Waals surface area contributed by atoms with Crippen LogP contribution < -0.4 is 10.2 Å². The summed E-state index contributed by atoms with van der Waals surface area (Å²) < 4.78 is 0. The number of halogens is 1. The van der Waals surface area contributed by atoms with Gasteiger partial charge in [-0.05, 0) is 31.5 Å². The minimum Gasteiger partial charge on any atom is -0.371 e. The molecule has 0 amide bonds. The Balaban J connectivity index is 3.03. The minimum atomic E-state index is 0.490. The summed E-state index contributed by atoms with van der Waals surface area (Å²) in [6.07, 6.45) is 0. The van der Waals surface area contributed by atoms with Crippen molar-refractivity contribution in [2.24, 2.45) is 5.92 Å². The predicted octanol–water partition coefficient (Wildman–Crippen LogP) is 3.93. The Morgan fingerprint density at radius 3 is 2.50 bits per heavy atom. The lowest BCUT2D eigenvalue weighted by Crippen LogP contribution is -2.34. The van der Waals surface area contributed by atoms with E-state index in [4.69, 9.17) is 11.6 Å². The van der Waals surface area contributed by atoms with Gasteiger partial charge in [-0.25, -0.2) is 0 Å². The van der Waals surface area contributed by atoms with E-state index in [0.29, 0.717) is 12.0 Å². The third-order valence-electron chi connectivity index (χ3n) is 3.60. The summed E-state index contributed by atoms with van der Waals surface area (Å²) in [6, 6.07) is 6.63. The summed E-state index contributed by atoms with van der Waals surface area (Å²) in [6.45, 7) is 10.6. The molecule has 1 atom stereocenters. The molecule has 1 aromatic carbocycles. The van der Waals surface area contributed by atoms with E-state index in [1.165, 1.54) is 11.3 Å². The molecule has 0 saturated heterocycles. The highest BCUT2D eigenvalue weighted by molar-refractivity contribution is 6.31. The van der Waals surface area contributed by atoms with Crippen LogP contribution in [0, 0.1) is 5.92 Å². The van der Waals surface area contributed by atoms with Crippen molar-refractivity contribution in [2.75, 3.05) is 18.5 Å². The summed E-state index contributed by atoms with van der Waals surface area (Å²) in [4.78, 5) is 2.32. The second kappa shape index (κ2) is 7.01. The maximum atomic E-state index is 6.33.